The van der Waals surface area contributed by atoms with Crippen LogP contribution in [0.1, 0.15) is 0 Å². The Morgan fingerprint density at radius 2 is 0.860 bits per heavy atom. The number of aromatic nitrogens is 5. The molecule has 5 nitrogen and oxygen atoms in total. The Bertz CT molecular complexity index is 2480. The zero-order chi connectivity index (χ0) is 33.4. The molecule has 4 aromatic heterocycles. The van der Waals surface area contributed by atoms with Crippen LogP contribution in [0.2, 0.25) is 0 Å². The predicted molar refractivity (Wildman–Crippen MR) is 207 cm³/mol. The standard InChI is InChI=1S/C44H28BrN5/c45-36-25-35(26-37(27-36)50-42-7-3-1-5-38(42)39-6-2-4-8-43(39)50)41-28-40(33-13-9-29(10-14-33)31-17-21-46-22-18-31)48-44(49-41)34-15-11-30(12-16-34)32-19-23-47-24-20-32/h1-28H. The van der Waals surface area contributed by atoms with Gasteiger partial charge in [-0.15, -0.1) is 0 Å². The molecule has 0 unspecified atom stereocenters. The van der Waals surface area contributed by atoms with Gasteiger partial charge in [0.1, 0.15) is 0 Å². The molecule has 5 aromatic carbocycles. The minimum atomic E-state index is 0.662. The van der Waals surface area contributed by atoms with Crippen LogP contribution in [0, 0.1) is 0 Å². The van der Waals surface area contributed by atoms with Gasteiger partial charge in [-0.2, -0.15) is 0 Å². The SMILES string of the molecule is Brc1cc(-c2cc(-c3ccc(-c4ccncc4)cc3)nc(-c3ccc(-c4ccncc4)cc3)n2)cc(-n2c3ccccc3c3ccccc32)c1. The van der Waals surface area contributed by atoms with E-state index in [4.69, 9.17) is 9.97 Å². The predicted octanol–water partition coefficient (Wildman–Crippen LogP) is 11.5. The first-order valence-electron chi connectivity index (χ1n) is 16.4. The normalized spacial score (nSPS) is 11.3. The Morgan fingerprint density at radius 3 is 1.42 bits per heavy atom. The number of hydrogen-bond donors (Lipinski definition) is 0. The lowest BCUT2D eigenvalue weighted by molar-refractivity contribution is 1.16. The molecule has 0 spiro atoms. The van der Waals surface area contributed by atoms with Crippen molar-refractivity contribution in [1.82, 2.24) is 24.5 Å². The summed E-state index contributed by atoms with van der Waals surface area (Å²) in [6, 6.07) is 50.8. The second-order valence-electron chi connectivity index (χ2n) is 12.2. The van der Waals surface area contributed by atoms with E-state index in [1.807, 2.05) is 49.1 Å². The quantitative estimate of drug-likeness (QED) is 0.173. The van der Waals surface area contributed by atoms with E-state index >= 15 is 0 Å². The Kier molecular flexibility index (Phi) is 7.56. The first-order valence-corrected chi connectivity index (χ1v) is 17.2. The molecule has 0 aliphatic carbocycles. The second kappa shape index (κ2) is 12.7. The van der Waals surface area contributed by atoms with Crippen molar-refractivity contribution in [3.05, 3.63) is 175 Å². The molecule has 0 saturated carbocycles. The fourth-order valence-corrected chi connectivity index (χ4v) is 7.14. The molecule has 0 atom stereocenters. The third-order valence-electron chi connectivity index (χ3n) is 9.09. The van der Waals surface area contributed by atoms with E-state index in [0.29, 0.717) is 5.82 Å². The van der Waals surface area contributed by atoms with Gasteiger partial charge in [-0.3, -0.25) is 9.97 Å². The zero-order valence-electron chi connectivity index (χ0n) is 26.8. The molecule has 0 radical (unpaired) electrons. The molecule has 6 heteroatoms. The Balaban J connectivity index is 1.20. The smallest absolute Gasteiger partial charge is 0.160 e. The maximum absolute atomic E-state index is 5.20. The van der Waals surface area contributed by atoms with Crippen LogP contribution in [0.3, 0.4) is 0 Å². The van der Waals surface area contributed by atoms with E-state index < -0.39 is 0 Å². The molecule has 0 aliphatic rings. The molecule has 0 amide bonds. The van der Waals surface area contributed by atoms with Crippen molar-refractivity contribution in [3.63, 3.8) is 0 Å². The third-order valence-corrected chi connectivity index (χ3v) is 9.55. The van der Waals surface area contributed by atoms with Crippen molar-refractivity contribution in [2.45, 2.75) is 0 Å². The lowest BCUT2D eigenvalue weighted by Crippen LogP contribution is -1.98. The topological polar surface area (TPSA) is 56.5 Å². The van der Waals surface area contributed by atoms with E-state index in [0.717, 1.165) is 71.5 Å². The van der Waals surface area contributed by atoms with Gasteiger partial charge in [0.05, 0.1) is 22.4 Å². The summed E-state index contributed by atoms with van der Waals surface area (Å²) in [6.45, 7) is 0. The molecule has 50 heavy (non-hydrogen) atoms. The van der Waals surface area contributed by atoms with Crippen molar-refractivity contribution in [1.29, 1.82) is 0 Å². The fraction of sp³-hybridized carbons (Fsp3) is 0. The van der Waals surface area contributed by atoms with Crippen LogP contribution in [0.15, 0.2) is 175 Å². The summed E-state index contributed by atoms with van der Waals surface area (Å²) < 4.78 is 3.30. The molecule has 4 heterocycles. The first-order chi connectivity index (χ1) is 24.7. The minimum absolute atomic E-state index is 0.662. The number of nitrogens with zero attached hydrogens (tertiary/aromatic N) is 5. The molecular weight excluding hydrogens is 678 g/mol. The highest BCUT2D eigenvalue weighted by atomic mass is 79.9. The highest BCUT2D eigenvalue weighted by Gasteiger charge is 2.16. The van der Waals surface area contributed by atoms with E-state index in [1.54, 1.807) is 0 Å². The van der Waals surface area contributed by atoms with Crippen molar-refractivity contribution in [3.8, 4) is 61.8 Å². The fourth-order valence-electron chi connectivity index (χ4n) is 6.66. The average Bonchev–Trinajstić information content (AvgIpc) is 3.53. The summed E-state index contributed by atoms with van der Waals surface area (Å²) >= 11 is 3.85. The lowest BCUT2D eigenvalue weighted by atomic mass is 10.0. The number of halogens is 1. The average molecular weight is 707 g/mol. The van der Waals surface area contributed by atoms with Crippen LogP contribution in [0.5, 0.6) is 0 Å². The van der Waals surface area contributed by atoms with Gasteiger partial charge in [-0.05, 0) is 82.9 Å². The summed E-state index contributed by atoms with van der Waals surface area (Å²) in [4.78, 5) is 18.7. The van der Waals surface area contributed by atoms with Gasteiger partial charge in [-0.25, -0.2) is 9.97 Å². The van der Waals surface area contributed by atoms with Gasteiger partial charge in [0, 0.05) is 62.4 Å². The number of benzene rings is 5. The van der Waals surface area contributed by atoms with Crippen molar-refractivity contribution in [2.75, 3.05) is 0 Å². The van der Waals surface area contributed by atoms with Crippen LogP contribution >= 0.6 is 15.9 Å². The first kappa shape index (κ1) is 29.9. The van der Waals surface area contributed by atoms with Crippen molar-refractivity contribution < 1.29 is 0 Å². The second-order valence-corrected chi connectivity index (χ2v) is 13.1. The van der Waals surface area contributed by atoms with Gasteiger partial charge in [0.25, 0.3) is 0 Å². The maximum atomic E-state index is 5.20. The summed E-state index contributed by atoms with van der Waals surface area (Å²) in [5.41, 5.74) is 12.5. The van der Waals surface area contributed by atoms with Gasteiger partial charge >= 0.3 is 0 Å². The van der Waals surface area contributed by atoms with E-state index in [-0.39, 0.29) is 0 Å². The zero-order valence-corrected chi connectivity index (χ0v) is 28.4. The Morgan fingerprint density at radius 1 is 0.400 bits per heavy atom. The molecule has 9 rings (SSSR count). The highest BCUT2D eigenvalue weighted by Crippen LogP contribution is 2.36. The molecule has 0 aliphatic heterocycles. The van der Waals surface area contributed by atoms with Gasteiger partial charge in [0.2, 0.25) is 0 Å². The van der Waals surface area contributed by atoms with E-state index in [2.05, 4.69) is 152 Å². The van der Waals surface area contributed by atoms with Gasteiger partial charge in [0.15, 0.2) is 5.82 Å². The Labute approximate surface area is 297 Å². The molecular formula is C44H28BrN5. The molecule has 236 valence electrons. The molecule has 9 aromatic rings. The van der Waals surface area contributed by atoms with Crippen LogP contribution in [-0.2, 0) is 0 Å². The van der Waals surface area contributed by atoms with E-state index in [9.17, 15) is 0 Å². The van der Waals surface area contributed by atoms with Crippen LogP contribution < -0.4 is 0 Å². The monoisotopic (exact) mass is 705 g/mol. The molecule has 0 bridgehead atoms. The third kappa shape index (κ3) is 5.55. The number of para-hydroxylation sites is 2. The van der Waals surface area contributed by atoms with E-state index in [1.165, 1.54) is 10.8 Å². The van der Waals surface area contributed by atoms with Crippen molar-refractivity contribution in [2.24, 2.45) is 0 Å². The molecule has 0 N–H and O–H groups in total. The summed E-state index contributed by atoms with van der Waals surface area (Å²) in [5.74, 6) is 0.662. The largest absolute Gasteiger partial charge is 0.309 e. The lowest BCUT2D eigenvalue weighted by Gasteiger charge is -2.13. The number of hydrogen-bond acceptors (Lipinski definition) is 4. The van der Waals surface area contributed by atoms with Crippen LogP contribution in [0.4, 0.5) is 0 Å². The van der Waals surface area contributed by atoms with Crippen LogP contribution in [0.25, 0.3) is 83.6 Å². The number of pyridine rings is 2. The summed E-state index contributed by atoms with van der Waals surface area (Å²) in [6.07, 6.45) is 7.26. The summed E-state index contributed by atoms with van der Waals surface area (Å²) in [7, 11) is 0. The number of fused-ring (bicyclic) bond motifs is 3. The maximum Gasteiger partial charge on any atom is 0.160 e. The summed E-state index contributed by atoms with van der Waals surface area (Å²) in [5, 5.41) is 2.45. The highest BCUT2D eigenvalue weighted by molar-refractivity contribution is 9.10. The minimum Gasteiger partial charge on any atom is -0.309 e. The molecule has 0 fully saturated rings. The Hall–Kier alpha value is -6.24. The van der Waals surface area contributed by atoms with Crippen molar-refractivity contribution >= 4 is 37.7 Å². The van der Waals surface area contributed by atoms with Crippen LogP contribution in [-0.4, -0.2) is 24.5 Å². The number of rotatable bonds is 6. The molecule has 0 saturated heterocycles. The van der Waals surface area contributed by atoms with Gasteiger partial charge < -0.3 is 4.57 Å². The van der Waals surface area contributed by atoms with Gasteiger partial charge in [-0.1, -0.05) is 101 Å².